The Hall–Kier alpha value is -1.69. The smallest absolute Gasteiger partial charge is 0.113 e. The average molecular weight is 305 g/mol. The van der Waals surface area contributed by atoms with E-state index in [1.807, 2.05) is 6.07 Å². The number of nitrogens with one attached hydrogen (secondary N) is 2. The van der Waals surface area contributed by atoms with E-state index in [9.17, 15) is 0 Å². The zero-order valence-corrected chi connectivity index (χ0v) is 12.2. The molecular formula is C14H13ClN4S. The molecule has 0 bridgehead atoms. The Morgan fingerprint density at radius 2 is 2.00 bits per heavy atom. The van der Waals surface area contributed by atoms with E-state index in [4.69, 9.17) is 11.6 Å². The number of halogens is 1. The van der Waals surface area contributed by atoms with Gasteiger partial charge in [-0.3, -0.25) is 5.10 Å². The van der Waals surface area contributed by atoms with E-state index in [1.54, 1.807) is 12.4 Å². The molecule has 0 unspecified atom stereocenters. The van der Waals surface area contributed by atoms with Crippen molar-refractivity contribution in [3.8, 4) is 11.3 Å². The number of hydrogen-bond donors (Lipinski definition) is 2. The summed E-state index contributed by atoms with van der Waals surface area (Å²) in [6.07, 6.45) is 3.44. The quantitative estimate of drug-likeness (QED) is 0.759. The Balaban J connectivity index is 1.56. The van der Waals surface area contributed by atoms with E-state index >= 15 is 0 Å². The molecule has 1 aromatic carbocycles. The number of rotatable bonds is 5. The van der Waals surface area contributed by atoms with E-state index in [0.717, 1.165) is 33.7 Å². The molecule has 3 rings (SSSR count). The van der Waals surface area contributed by atoms with Gasteiger partial charge in [0.1, 0.15) is 9.34 Å². The number of thiazole rings is 1. The summed E-state index contributed by atoms with van der Waals surface area (Å²) in [5, 5.41) is 11.3. The topological polar surface area (TPSA) is 53.6 Å². The third-order valence-corrected chi connectivity index (χ3v) is 4.01. The van der Waals surface area contributed by atoms with Crippen molar-refractivity contribution in [3.63, 3.8) is 0 Å². The Kier molecular flexibility index (Phi) is 4.11. The van der Waals surface area contributed by atoms with Crippen LogP contribution < -0.4 is 5.32 Å². The number of aromatic amines is 1. The van der Waals surface area contributed by atoms with Gasteiger partial charge in [0.15, 0.2) is 0 Å². The second-order valence-electron chi connectivity index (χ2n) is 4.33. The van der Waals surface area contributed by atoms with Gasteiger partial charge in [0, 0.05) is 19.3 Å². The first-order valence-corrected chi connectivity index (χ1v) is 7.40. The lowest BCUT2D eigenvalue weighted by Gasteiger charge is -2.04. The molecule has 4 nitrogen and oxygen atoms in total. The maximum Gasteiger partial charge on any atom is 0.113 e. The molecule has 0 saturated carbocycles. The second-order valence-corrected chi connectivity index (χ2v) is 6.08. The van der Waals surface area contributed by atoms with Crippen LogP contribution in [0.2, 0.25) is 4.34 Å². The lowest BCUT2D eigenvalue weighted by Crippen LogP contribution is -2.12. The van der Waals surface area contributed by atoms with Crippen LogP contribution in [0.1, 0.15) is 10.6 Å². The molecular weight excluding hydrogens is 292 g/mol. The van der Waals surface area contributed by atoms with Crippen molar-refractivity contribution in [3.05, 3.63) is 57.6 Å². The molecule has 2 heterocycles. The van der Waals surface area contributed by atoms with Crippen molar-refractivity contribution in [1.82, 2.24) is 20.5 Å². The third-order valence-electron chi connectivity index (χ3n) is 2.90. The van der Waals surface area contributed by atoms with Crippen molar-refractivity contribution in [1.29, 1.82) is 0 Å². The molecule has 0 amide bonds. The Bertz CT molecular complexity index is 661. The number of nitrogens with zero attached hydrogens (tertiary/aromatic N) is 2. The van der Waals surface area contributed by atoms with Crippen molar-refractivity contribution >= 4 is 22.9 Å². The van der Waals surface area contributed by atoms with Gasteiger partial charge in [-0.25, -0.2) is 4.98 Å². The molecule has 0 fully saturated rings. The molecule has 0 aliphatic rings. The molecule has 0 aliphatic heterocycles. The number of benzene rings is 1. The molecule has 2 N–H and O–H groups in total. The summed E-state index contributed by atoms with van der Waals surface area (Å²) in [5.74, 6) is 0. The molecule has 3 aromatic rings. The predicted octanol–water partition coefficient (Wildman–Crippen LogP) is 3.48. The van der Waals surface area contributed by atoms with Crippen LogP contribution in [0.5, 0.6) is 0 Å². The molecule has 0 saturated heterocycles. The Labute approximate surface area is 125 Å². The van der Waals surface area contributed by atoms with Crippen molar-refractivity contribution < 1.29 is 0 Å². The van der Waals surface area contributed by atoms with Gasteiger partial charge >= 0.3 is 0 Å². The number of hydrogen-bond acceptors (Lipinski definition) is 4. The van der Waals surface area contributed by atoms with Gasteiger partial charge < -0.3 is 5.32 Å². The monoisotopic (exact) mass is 304 g/mol. The molecule has 0 atom stereocenters. The van der Waals surface area contributed by atoms with Gasteiger partial charge in [0.2, 0.25) is 0 Å². The maximum absolute atomic E-state index is 5.84. The van der Waals surface area contributed by atoms with Crippen LogP contribution >= 0.6 is 22.9 Å². The summed E-state index contributed by atoms with van der Waals surface area (Å²) >= 11 is 7.35. The highest BCUT2D eigenvalue weighted by atomic mass is 35.5. The van der Waals surface area contributed by atoms with Gasteiger partial charge in [-0.15, -0.1) is 11.3 Å². The van der Waals surface area contributed by atoms with Crippen molar-refractivity contribution in [2.75, 3.05) is 0 Å². The standard InChI is InChI=1S/C14H13ClN4S/c15-13-8-17-14(20-13)9-16-7-10-1-3-11(4-2-10)12-5-6-18-19-12/h1-6,8,16H,7,9H2,(H,18,19). The fraction of sp³-hybridized carbons (Fsp3) is 0.143. The number of aromatic nitrogens is 3. The van der Waals surface area contributed by atoms with Gasteiger partial charge in [-0.2, -0.15) is 5.10 Å². The largest absolute Gasteiger partial charge is 0.306 e. The second kappa shape index (κ2) is 6.17. The molecule has 2 aromatic heterocycles. The molecule has 20 heavy (non-hydrogen) atoms. The summed E-state index contributed by atoms with van der Waals surface area (Å²) < 4.78 is 0.728. The van der Waals surface area contributed by atoms with Crippen LogP contribution in [0.4, 0.5) is 0 Å². The van der Waals surface area contributed by atoms with Crippen LogP contribution in [0.15, 0.2) is 42.7 Å². The minimum absolute atomic E-state index is 0.728. The van der Waals surface area contributed by atoms with E-state index in [1.165, 1.54) is 16.9 Å². The fourth-order valence-corrected chi connectivity index (χ4v) is 2.83. The van der Waals surface area contributed by atoms with E-state index < -0.39 is 0 Å². The summed E-state index contributed by atoms with van der Waals surface area (Å²) in [6, 6.07) is 10.4. The van der Waals surface area contributed by atoms with Crippen LogP contribution in [-0.2, 0) is 13.1 Å². The highest BCUT2D eigenvalue weighted by Crippen LogP contribution is 2.18. The third kappa shape index (κ3) is 3.25. The molecule has 0 aliphatic carbocycles. The van der Waals surface area contributed by atoms with Crippen LogP contribution in [0, 0.1) is 0 Å². The predicted molar refractivity (Wildman–Crippen MR) is 81.7 cm³/mol. The van der Waals surface area contributed by atoms with Gasteiger partial charge in [0.25, 0.3) is 0 Å². The Morgan fingerprint density at radius 3 is 2.65 bits per heavy atom. The van der Waals surface area contributed by atoms with E-state index in [0.29, 0.717) is 0 Å². The summed E-state index contributed by atoms with van der Waals surface area (Å²) in [4.78, 5) is 4.21. The van der Waals surface area contributed by atoms with Crippen molar-refractivity contribution in [2.45, 2.75) is 13.1 Å². The minimum atomic E-state index is 0.728. The van der Waals surface area contributed by atoms with E-state index in [2.05, 4.69) is 44.8 Å². The van der Waals surface area contributed by atoms with Crippen LogP contribution in [-0.4, -0.2) is 15.2 Å². The lowest BCUT2D eigenvalue weighted by molar-refractivity contribution is 0.690. The molecule has 102 valence electrons. The Morgan fingerprint density at radius 1 is 1.15 bits per heavy atom. The first-order valence-electron chi connectivity index (χ1n) is 6.21. The zero-order valence-electron chi connectivity index (χ0n) is 10.6. The van der Waals surface area contributed by atoms with Crippen LogP contribution in [0.3, 0.4) is 0 Å². The van der Waals surface area contributed by atoms with Gasteiger partial charge in [-0.05, 0) is 17.2 Å². The maximum atomic E-state index is 5.84. The first kappa shape index (κ1) is 13.3. The number of H-pyrrole nitrogens is 1. The SMILES string of the molecule is Clc1cnc(CNCc2ccc(-c3ccn[nH]3)cc2)s1. The van der Waals surface area contributed by atoms with Crippen LogP contribution in [0.25, 0.3) is 11.3 Å². The van der Waals surface area contributed by atoms with Gasteiger partial charge in [0.05, 0.1) is 11.9 Å². The fourth-order valence-electron chi connectivity index (χ4n) is 1.90. The minimum Gasteiger partial charge on any atom is -0.306 e. The molecule has 6 heteroatoms. The summed E-state index contributed by atoms with van der Waals surface area (Å²) in [5.41, 5.74) is 3.40. The highest BCUT2D eigenvalue weighted by molar-refractivity contribution is 7.15. The van der Waals surface area contributed by atoms with E-state index in [-0.39, 0.29) is 0 Å². The summed E-state index contributed by atoms with van der Waals surface area (Å²) in [6.45, 7) is 1.54. The summed E-state index contributed by atoms with van der Waals surface area (Å²) in [7, 11) is 0. The van der Waals surface area contributed by atoms with Gasteiger partial charge in [-0.1, -0.05) is 35.9 Å². The first-order chi connectivity index (χ1) is 9.81. The molecule has 0 radical (unpaired) electrons. The molecule has 0 spiro atoms. The highest BCUT2D eigenvalue weighted by Gasteiger charge is 2.01. The normalized spacial score (nSPS) is 10.8. The van der Waals surface area contributed by atoms with Crippen molar-refractivity contribution in [2.24, 2.45) is 0 Å². The zero-order chi connectivity index (χ0) is 13.8. The average Bonchev–Trinajstić information content (AvgIpc) is 3.11. The lowest BCUT2D eigenvalue weighted by atomic mass is 10.1.